The summed E-state index contributed by atoms with van der Waals surface area (Å²) in [6.45, 7) is 6.84. The van der Waals surface area contributed by atoms with Crippen LogP contribution in [0.4, 0.5) is 4.39 Å². The minimum Gasteiger partial charge on any atom is -0.492 e. The SMILES string of the molecule is CN=C1CCCCc2c(F)ccc(-c3ccc4ncc(CNC)n4c3)c2OCC/C1=C(/N)C(O)C(C)(C)C. The van der Waals surface area contributed by atoms with E-state index in [0.29, 0.717) is 42.8 Å². The number of nitrogens with one attached hydrogen (secondary N) is 1. The Balaban J connectivity index is 1.76. The van der Waals surface area contributed by atoms with E-state index in [2.05, 4.69) is 15.3 Å². The van der Waals surface area contributed by atoms with Gasteiger partial charge in [0.1, 0.15) is 17.2 Å². The minimum absolute atomic E-state index is 0.259. The maximum Gasteiger partial charge on any atom is 0.136 e. The largest absolute Gasteiger partial charge is 0.492 e. The van der Waals surface area contributed by atoms with Gasteiger partial charge in [0.2, 0.25) is 0 Å². The van der Waals surface area contributed by atoms with Gasteiger partial charge in [-0.2, -0.15) is 0 Å². The lowest BCUT2D eigenvalue weighted by molar-refractivity contribution is 0.0926. The molecule has 0 saturated heterocycles. The molecule has 1 unspecified atom stereocenters. The van der Waals surface area contributed by atoms with Gasteiger partial charge >= 0.3 is 0 Å². The first-order chi connectivity index (χ1) is 18.2. The zero-order chi connectivity index (χ0) is 27.4. The number of aliphatic imine (C=N–C) groups is 1. The summed E-state index contributed by atoms with van der Waals surface area (Å²) in [5.74, 6) is 0.302. The number of aliphatic hydroxyl groups is 1. The monoisotopic (exact) mass is 521 g/mol. The molecule has 0 fully saturated rings. The summed E-state index contributed by atoms with van der Waals surface area (Å²) in [7, 11) is 3.66. The zero-order valence-electron chi connectivity index (χ0n) is 23.1. The van der Waals surface area contributed by atoms with E-state index in [1.165, 1.54) is 6.07 Å². The molecule has 3 aromatic rings. The van der Waals surface area contributed by atoms with Gasteiger partial charge in [0.15, 0.2) is 0 Å². The van der Waals surface area contributed by atoms with Crippen molar-refractivity contribution in [2.75, 3.05) is 20.7 Å². The zero-order valence-corrected chi connectivity index (χ0v) is 23.1. The van der Waals surface area contributed by atoms with Gasteiger partial charge in [-0.1, -0.05) is 20.8 Å². The first-order valence-electron chi connectivity index (χ1n) is 13.3. The number of hydrogen-bond donors (Lipinski definition) is 3. The van der Waals surface area contributed by atoms with Gasteiger partial charge in [0.05, 0.1) is 24.6 Å². The molecule has 0 aliphatic carbocycles. The van der Waals surface area contributed by atoms with Crippen LogP contribution in [0.2, 0.25) is 0 Å². The van der Waals surface area contributed by atoms with Crippen LogP contribution in [0.1, 0.15) is 57.7 Å². The second-order valence-corrected chi connectivity index (χ2v) is 11.0. The number of fused-ring (bicyclic) bond motifs is 2. The Morgan fingerprint density at radius 3 is 2.68 bits per heavy atom. The van der Waals surface area contributed by atoms with Gasteiger partial charge in [-0.15, -0.1) is 0 Å². The summed E-state index contributed by atoms with van der Waals surface area (Å²) in [5, 5.41) is 14.1. The number of halogens is 1. The molecule has 8 heteroatoms. The topological polar surface area (TPSA) is 97.2 Å². The van der Waals surface area contributed by atoms with E-state index in [-0.39, 0.29) is 12.4 Å². The molecule has 0 saturated carbocycles. The van der Waals surface area contributed by atoms with Gasteiger partial charge in [-0.25, -0.2) is 9.37 Å². The predicted octanol–water partition coefficient (Wildman–Crippen LogP) is 5.05. The number of hydrogen-bond acceptors (Lipinski definition) is 6. The molecule has 7 nitrogen and oxygen atoms in total. The molecule has 4 N–H and O–H groups in total. The van der Waals surface area contributed by atoms with Crippen LogP contribution in [0.25, 0.3) is 16.8 Å². The molecule has 4 rings (SSSR count). The number of aliphatic hydroxyl groups excluding tert-OH is 1. The van der Waals surface area contributed by atoms with Crippen molar-refractivity contribution in [2.24, 2.45) is 16.1 Å². The van der Waals surface area contributed by atoms with E-state index >= 15 is 4.39 Å². The van der Waals surface area contributed by atoms with Crippen LogP contribution in [0.5, 0.6) is 5.75 Å². The molecule has 0 radical (unpaired) electrons. The quantitative estimate of drug-likeness (QED) is 0.447. The molecular weight excluding hydrogens is 481 g/mol. The highest BCUT2D eigenvalue weighted by molar-refractivity contribution is 6.00. The van der Waals surface area contributed by atoms with Gasteiger partial charge in [0.25, 0.3) is 0 Å². The van der Waals surface area contributed by atoms with Crippen molar-refractivity contribution < 1.29 is 14.2 Å². The molecule has 1 atom stereocenters. The predicted molar refractivity (Wildman–Crippen MR) is 151 cm³/mol. The highest BCUT2D eigenvalue weighted by Crippen LogP contribution is 2.37. The number of imidazole rings is 1. The van der Waals surface area contributed by atoms with Crippen LogP contribution in [-0.4, -0.2) is 47.0 Å². The van der Waals surface area contributed by atoms with Crippen molar-refractivity contribution in [1.29, 1.82) is 0 Å². The smallest absolute Gasteiger partial charge is 0.136 e. The molecule has 0 bridgehead atoms. The van der Waals surface area contributed by atoms with Crippen molar-refractivity contribution >= 4 is 11.4 Å². The van der Waals surface area contributed by atoms with Crippen LogP contribution >= 0.6 is 0 Å². The Hall–Kier alpha value is -3.23. The van der Waals surface area contributed by atoms with Crippen LogP contribution in [0.15, 0.2) is 52.9 Å². The van der Waals surface area contributed by atoms with E-state index in [4.69, 9.17) is 10.5 Å². The highest BCUT2D eigenvalue weighted by Gasteiger charge is 2.28. The van der Waals surface area contributed by atoms with Gasteiger partial charge in [-0.05, 0) is 68.0 Å². The average molecular weight is 522 g/mol. The fourth-order valence-corrected chi connectivity index (χ4v) is 5.06. The summed E-state index contributed by atoms with van der Waals surface area (Å²) in [6, 6.07) is 7.29. The van der Waals surface area contributed by atoms with E-state index in [9.17, 15) is 5.11 Å². The van der Waals surface area contributed by atoms with Gasteiger partial charge < -0.3 is 25.3 Å². The lowest BCUT2D eigenvalue weighted by atomic mass is 9.84. The normalized spacial score (nSPS) is 18.6. The molecule has 2 aromatic heterocycles. The third kappa shape index (κ3) is 5.76. The summed E-state index contributed by atoms with van der Waals surface area (Å²) in [5.41, 5.74) is 12.5. The average Bonchev–Trinajstić information content (AvgIpc) is 3.27. The first kappa shape index (κ1) is 27.8. The molecule has 1 aromatic carbocycles. The van der Waals surface area contributed by atoms with Crippen molar-refractivity contribution in [3.05, 3.63) is 65.0 Å². The Labute approximate surface area is 224 Å². The number of nitrogens with zero attached hydrogens (tertiary/aromatic N) is 3. The maximum atomic E-state index is 15.2. The summed E-state index contributed by atoms with van der Waals surface area (Å²) < 4.78 is 23.6. The summed E-state index contributed by atoms with van der Waals surface area (Å²) in [4.78, 5) is 9.01. The summed E-state index contributed by atoms with van der Waals surface area (Å²) in [6.07, 6.45) is 6.42. The van der Waals surface area contributed by atoms with E-state index < -0.39 is 11.5 Å². The van der Waals surface area contributed by atoms with E-state index in [1.54, 1.807) is 13.1 Å². The van der Waals surface area contributed by atoms with Crippen LogP contribution in [-0.2, 0) is 13.0 Å². The molecular formula is C30H40FN5O2. The molecule has 38 heavy (non-hydrogen) atoms. The second-order valence-electron chi connectivity index (χ2n) is 11.0. The lowest BCUT2D eigenvalue weighted by Crippen LogP contribution is -2.34. The van der Waals surface area contributed by atoms with E-state index in [0.717, 1.165) is 46.6 Å². The molecule has 1 aliphatic heterocycles. The molecule has 0 amide bonds. The molecule has 3 heterocycles. The Bertz CT molecular complexity index is 1350. The number of nitrogens with two attached hydrogens (primary N) is 1. The Morgan fingerprint density at radius 1 is 1.21 bits per heavy atom. The van der Waals surface area contributed by atoms with Crippen LogP contribution < -0.4 is 15.8 Å². The number of rotatable bonds is 4. The number of ether oxygens (including phenoxy) is 1. The third-order valence-corrected chi connectivity index (χ3v) is 7.22. The maximum absolute atomic E-state index is 15.2. The van der Waals surface area contributed by atoms with Crippen LogP contribution in [0.3, 0.4) is 0 Å². The number of benzene rings is 1. The first-order valence-corrected chi connectivity index (χ1v) is 13.3. The fourth-order valence-electron chi connectivity index (χ4n) is 5.06. The molecule has 1 aliphatic rings. The number of pyridine rings is 1. The van der Waals surface area contributed by atoms with Crippen LogP contribution in [0, 0.1) is 11.2 Å². The Morgan fingerprint density at radius 2 is 1.97 bits per heavy atom. The minimum atomic E-state index is -0.812. The van der Waals surface area contributed by atoms with Gasteiger partial charge in [0, 0.05) is 54.3 Å². The molecule has 204 valence electrons. The fraction of sp³-hybridized carbons (Fsp3) is 0.467. The Kier molecular flexibility index (Phi) is 8.53. The second kappa shape index (κ2) is 11.7. The molecule has 0 spiro atoms. The van der Waals surface area contributed by atoms with Crippen molar-refractivity contribution in [2.45, 2.75) is 65.5 Å². The van der Waals surface area contributed by atoms with E-state index in [1.807, 2.05) is 56.7 Å². The van der Waals surface area contributed by atoms with Gasteiger partial charge in [-0.3, -0.25) is 4.99 Å². The third-order valence-electron chi connectivity index (χ3n) is 7.22. The van der Waals surface area contributed by atoms with Crippen molar-refractivity contribution in [3.8, 4) is 16.9 Å². The highest BCUT2D eigenvalue weighted by atomic mass is 19.1. The lowest BCUT2D eigenvalue weighted by Gasteiger charge is -2.28. The summed E-state index contributed by atoms with van der Waals surface area (Å²) >= 11 is 0. The standard InChI is InChI=1S/C30H40FN5O2/c1-30(2,3)29(37)27(32)23-14-15-38-28-21(11-12-24(31)22(28)8-6-7-9-25(23)34-5)19-10-13-26-35-17-20(16-33-4)36(26)18-19/h10-13,17-18,29,33,37H,6-9,14-16,32H2,1-5H3/b27-23-,34-25?. The number of aromatic nitrogens is 2. The van der Waals surface area contributed by atoms with Crippen molar-refractivity contribution in [1.82, 2.24) is 14.7 Å². The van der Waals surface area contributed by atoms with Crippen molar-refractivity contribution in [3.63, 3.8) is 0 Å².